The van der Waals surface area contributed by atoms with E-state index < -0.39 is 5.97 Å². The highest BCUT2D eigenvalue weighted by molar-refractivity contribution is 6.04. The van der Waals surface area contributed by atoms with Crippen molar-refractivity contribution in [3.8, 4) is 17.2 Å². The van der Waals surface area contributed by atoms with Gasteiger partial charge in [0.1, 0.15) is 6.07 Å². The highest BCUT2D eigenvalue weighted by Gasteiger charge is 2.40. The Labute approximate surface area is 163 Å². The van der Waals surface area contributed by atoms with Gasteiger partial charge in [0, 0.05) is 41.0 Å². The van der Waals surface area contributed by atoms with Crippen LogP contribution in [0.25, 0.3) is 11.1 Å². The topological polar surface area (TPSA) is 79.9 Å². The number of anilines is 1. The molecule has 2 heterocycles. The third kappa shape index (κ3) is 2.13. The van der Waals surface area contributed by atoms with Crippen LogP contribution in [0.3, 0.4) is 0 Å². The Morgan fingerprint density at radius 1 is 1.39 bits per heavy atom. The van der Waals surface area contributed by atoms with Gasteiger partial charge in [0.05, 0.1) is 30.0 Å². The Morgan fingerprint density at radius 2 is 2.21 bits per heavy atom. The van der Waals surface area contributed by atoms with Gasteiger partial charge in [0.25, 0.3) is 0 Å². The van der Waals surface area contributed by atoms with Crippen LogP contribution in [0.1, 0.15) is 45.6 Å². The zero-order valence-electron chi connectivity index (χ0n) is 15.8. The van der Waals surface area contributed by atoms with Crippen LogP contribution in [-0.2, 0) is 24.6 Å². The van der Waals surface area contributed by atoms with Gasteiger partial charge in [-0.15, -0.1) is 0 Å². The molecule has 0 saturated heterocycles. The van der Waals surface area contributed by atoms with Crippen LogP contribution in [0.5, 0.6) is 0 Å². The molecule has 0 spiro atoms. The number of aryl methyl sites for hydroxylation is 1. The largest absolute Gasteiger partial charge is 0.462 e. The molecule has 1 N–H and O–H groups in total. The van der Waals surface area contributed by atoms with Crippen molar-refractivity contribution in [3.63, 3.8) is 0 Å². The van der Waals surface area contributed by atoms with Crippen molar-refractivity contribution in [2.75, 3.05) is 11.9 Å². The molecular formula is C22H20N4O2. The first kappa shape index (κ1) is 16.8. The molecule has 0 bridgehead atoms. The number of allylic oxidation sites excluding steroid dienone is 2. The summed E-state index contributed by atoms with van der Waals surface area (Å²) in [5.41, 5.74) is 6.63. The van der Waals surface area contributed by atoms with Gasteiger partial charge in [0.2, 0.25) is 0 Å². The number of nitrogens with zero attached hydrogens (tertiary/aromatic N) is 3. The molecule has 0 amide bonds. The van der Waals surface area contributed by atoms with Crippen LogP contribution in [-0.4, -0.2) is 28.4 Å². The van der Waals surface area contributed by atoms with E-state index in [1.165, 1.54) is 0 Å². The maximum absolute atomic E-state index is 13.0. The molecule has 0 saturated carbocycles. The van der Waals surface area contributed by atoms with Gasteiger partial charge in [-0.1, -0.05) is 24.3 Å². The van der Waals surface area contributed by atoms with Gasteiger partial charge in [-0.05, 0) is 25.3 Å². The molecule has 2 aromatic rings. The molecule has 2 atom stereocenters. The quantitative estimate of drug-likeness (QED) is 0.819. The van der Waals surface area contributed by atoms with Crippen LogP contribution < -0.4 is 5.32 Å². The van der Waals surface area contributed by atoms with Crippen LogP contribution in [0.15, 0.2) is 30.5 Å². The van der Waals surface area contributed by atoms with E-state index in [-0.39, 0.29) is 18.6 Å². The van der Waals surface area contributed by atoms with Crippen molar-refractivity contribution in [1.82, 2.24) is 9.78 Å². The minimum Gasteiger partial charge on any atom is -0.462 e. The third-order valence-corrected chi connectivity index (χ3v) is 5.96. The Hall–Kier alpha value is -3.33. The molecule has 2 unspecified atom stereocenters. The number of carbonyl (C=O) groups excluding carboxylic acids is 1. The van der Waals surface area contributed by atoms with E-state index in [2.05, 4.69) is 28.6 Å². The number of esters is 1. The molecule has 1 aromatic carbocycles. The first-order valence-electron chi connectivity index (χ1n) is 9.58. The zero-order valence-corrected chi connectivity index (χ0v) is 15.8. The fourth-order valence-electron chi connectivity index (χ4n) is 4.79. The maximum Gasteiger partial charge on any atom is 0.340 e. The first-order valence-corrected chi connectivity index (χ1v) is 9.58. The van der Waals surface area contributed by atoms with E-state index in [0.29, 0.717) is 11.1 Å². The number of fused-ring (bicyclic) bond motifs is 7. The Kier molecular flexibility index (Phi) is 3.66. The average Bonchev–Trinajstić information content (AvgIpc) is 3.28. The lowest BCUT2D eigenvalue weighted by molar-refractivity contribution is 0.0526. The van der Waals surface area contributed by atoms with Crippen molar-refractivity contribution >= 4 is 11.7 Å². The highest BCUT2D eigenvalue weighted by atomic mass is 16.5. The third-order valence-electron chi connectivity index (χ3n) is 5.96. The first-order chi connectivity index (χ1) is 13.7. The fourth-order valence-corrected chi connectivity index (χ4v) is 4.79. The van der Waals surface area contributed by atoms with Crippen molar-refractivity contribution in [1.29, 1.82) is 5.26 Å². The van der Waals surface area contributed by atoms with Gasteiger partial charge in [-0.3, -0.25) is 4.68 Å². The van der Waals surface area contributed by atoms with Crippen molar-refractivity contribution in [3.05, 3.63) is 58.4 Å². The number of benzene rings is 1. The van der Waals surface area contributed by atoms with Gasteiger partial charge in [0.15, 0.2) is 0 Å². The number of aromatic nitrogens is 2. The van der Waals surface area contributed by atoms with Gasteiger partial charge >= 0.3 is 5.97 Å². The number of nitriles is 1. The molecule has 6 heteroatoms. The molecule has 1 aromatic heterocycles. The minimum absolute atomic E-state index is 0.0448. The molecule has 3 aliphatic rings. The summed E-state index contributed by atoms with van der Waals surface area (Å²) in [6.45, 7) is 2.05. The lowest BCUT2D eigenvalue weighted by Gasteiger charge is -2.24. The number of nitrogens with one attached hydrogen (secondary N) is 1. The molecule has 28 heavy (non-hydrogen) atoms. The molecule has 2 aliphatic carbocycles. The van der Waals surface area contributed by atoms with E-state index in [9.17, 15) is 10.1 Å². The van der Waals surface area contributed by atoms with E-state index in [1.54, 1.807) is 13.1 Å². The summed E-state index contributed by atoms with van der Waals surface area (Å²) in [5.74, 6) is -0.392. The second-order valence-electron chi connectivity index (χ2n) is 7.32. The van der Waals surface area contributed by atoms with Crippen molar-refractivity contribution in [2.24, 2.45) is 7.05 Å². The molecular weight excluding hydrogens is 352 g/mol. The predicted molar refractivity (Wildman–Crippen MR) is 105 cm³/mol. The predicted octanol–water partition coefficient (Wildman–Crippen LogP) is 3.24. The molecule has 0 fully saturated rings. The summed E-state index contributed by atoms with van der Waals surface area (Å²) in [7, 11) is 1.91. The van der Waals surface area contributed by atoms with Crippen LogP contribution in [0.4, 0.5) is 5.69 Å². The normalized spacial score (nSPS) is 20.5. The fraction of sp³-hybridized carbons (Fsp3) is 0.318. The zero-order chi connectivity index (χ0) is 19.4. The second kappa shape index (κ2) is 6.10. The summed E-state index contributed by atoms with van der Waals surface area (Å²) < 4.78 is 7.24. The van der Waals surface area contributed by atoms with E-state index >= 15 is 0 Å². The number of carbonyl (C=O) groups is 1. The number of hydrogen-bond acceptors (Lipinski definition) is 5. The second-order valence-corrected chi connectivity index (χ2v) is 7.32. The van der Waals surface area contributed by atoms with Crippen molar-refractivity contribution < 1.29 is 9.53 Å². The molecule has 140 valence electrons. The molecule has 6 nitrogen and oxygen atoms in total. The standard InChI is InChI=1S/C22H20N4O2/c1-3-28-22(27)20-14(10-23)19-12-6-4-5-7-16(12)25-21(19)13-8-9-17-15(18(13)20)11-24-26(17)2/h4-7,11-12,16,25H,3,8-9H2,1-2H3. The summed E-state index contributed by atoms with van der Waals surface area (Å²) in [4.78, 5) is 13.0. The average molecular weight is 372 g/mol. The highest BCUT2D eigenvalue weighted by Crippen LogP contribution is 2.50. The van der Waals surface area contributed by atoms with Crippen molar-refractivity contribution in [2.45, 2.75) is 31.7 Å². The van der Waals surface area contributed by atoms with E-state index in [4.69, 9.17) is 4.74 Å². The van der Waals surface area contributed by atoms with E-state index in [1.807, 2.05) is 23.9 Å². The lowest BCUT2D eigenvalue weighted by Crippen LogP contribution is -2.18. The van der Waals surface area contributed by atoms with Crippen LogP contribution in [0, 0.1) is 11.3 Å². The van der Waals surface area contributed by atoms with Gasteiger partial charge in [-0.25, -0.2) is 4.79 Å². The van der Waals surface area contributed by atoms with Gasteiger partial charge in [-0.2, -0.15) is 10.4 Å². The van der Waals surface area contributed by atoms with Gasteiger partial charge < -0.3 is 10.1 Å². The monoisotopic (exact) mass is 372 g/mol. The summed E-state index contributed by atoms with van der Waals surface area (Å²) >= 11 is 0. The SMILES string of the molecule is CCOC(=O)c1c(C#N)c2c(c3c1-c1cnn(C)c1CC3)NC1C=CC=CC21. The summed E-state index contributed by atoms with van der Waals surface area (Å²) in [5, 5.41) is 18.1. The van der Waals surface area contributed by atoms with Crippen LogP contribution >= 0.6 is 0 Å². The Bertz CT molecular complexity index is 1120. The van der Waals surface area contributed by atoms with Crippen LogP contribution in [0.2, 0.25) is 0 Å². The summed E-state index contributed by atoms with van der Waals surface area (Å²) in [6, 6.07) is 2.43. The molecule has 1 aliphatic heterocycles. The number of rotatable bonds is 2. The minimum atomic E-state index is -0.436. The Morgan fingerprint density at radius 3 is 3.00 bits per heavy atom. The lowest BCUT2D eigenvalue weighted by atomic mass is 9.78. The van der Waals surface area contributed by atoms with E-state index in [0.717, 1.165) is 46.5 Å². The number of ether oxygens (including phenoxy) is 1. The Balaban J connectivity index is 1.87. The number of hydrogen-bond donors (Lipinski definition) is 1. The maximum atomic E-state index is 13.0. The summed E-state index contributed by atoms with van der Waals surface area (Å²) in [6.07, 6.45) is 11.7. The molecule has 0 radical (unpaired) electrons. The smallest absolute Gasteiger partial charge is 0.340 e. The molecule has 5 rings (SSSR count).